The Balaban J connectivity index is 2.17. The molecule has 1 aliphatic rings. The Labute approximate surface area is 105 Å². The maximum atomic E-state index is 3.40. The topological polar surface area (TPSA) is 15.3 Å². The SMILES string of the molecule is CNC1CCN(c2cc(C)cc(C)c2)C(C)C1. The van der Waals surface area contributed by atoms with Crippen LogP contribution in [0.2, 0.25) is 0 Å². The van der Waals surface area contributed by atoms with Crippen molar-refractivity contribution in [2.24, 2.45) is 0 Å². The number of hydrogen-bond acceptors (Lipinski definition) is 2. The number of nitrogens with zero attached hydrogens (tertiary/aromatic N) is 1. The van der Waals surface area contributed by atoms with E-state index in [4.69, 9.17) is 0 Å². The van der Waals surface area contributed by atoms with Crippen LogP contribution >= 0.6 is 0 Å². The fourth-order valence-corrected chi connectivity index (χ4v) is 2.93. The Hall–Kier alpha value is -1.02. The van der Waals surface area contributed by atoms with Crippen LogP contribution in [-0.2, 0) is 0 Å². The van der Waals surface area contributed by atoms with Crippen LogP contribution in [0.5, 0.6) is 0 Å². The van der Waals surface area contributed by atoms with Gasteiger partial charge < -0.3 is 10.2 Å². The van der Waals surface area contributed by atoms with Gasteiger partial charge in [-0.25, -0.2) is 0 Å². The quantitative estimate of drug-likeness (QED) is 0.843. The third kappa shape index (κ3) is 2.81. The average Bonchev–Trinajstić information content (AvgIpc) is 2.27. The van der Waals surface area contributed by atoms with Gasteiger partial charge >= 0.3 is 0 Å². The summed E-state index contributed by atoms with van der Waals surface area (Å²) in [5, 5.41) is 3.40. The third-order valence-corrected chi connectivity index (χ3v) is 3.82. The molecule has 2 heteroatoms. The van der Waals surface area contributed by atoms with Crippen molar-refractivity contribution in [1.82, 2.24) is 5.32 Å². The molecule has 1 aromatic carbocycles. The van der Waals surface area contributed by atoms with Gasteiger partial charge in [0.25, 0.3) is 0 Å². The van der Waals surface area contributed by atoms with E-state index in [1.54, 1.807) is 0 Å². The minimum absolute atomic E-state index is 0.627. The van der Waals surface area contributed by atoms with Crippen molar-refractivity contribution in [2.75, 3.05) is 18.5 Å². The van der Waals surface area contributed by atoms with Gasteiger partial charge in [0.1, 0.15) is 0 Å². The average molecular weight is 232 g/mol. The molecule has 2 rings (SSSR count). The van der Waals surface area contributed by atoms with E-state index in [0.717, 1.165) is 6.54 Å². The number of hydrogen-bond donors (Lipinski definition) is 1. The number of anilines is 1. The highest BCUT2D eigenvalue weighted by molar-refractivity contribution is 5.52. The van der Waals surface area contributed by atoms with Gasteiger partial charge in [-0.3, -0.25) is 0 Å². The summed E-state index contributed by atoms with van der Waals surface area (Å²) in [5.74, 6) is 0. The van der Waals surface area contributed by atoms with E-state index in [9.17, 15) is 0 Å². The highest BCUT2D eigenvalue weighted by atomic mass is 15.2. The van der Waals surface area contributed by atoms with E-state index in [0.29, 0.717) is 12.1 Å². The highest BCUT2D eigenvalue weighted by Gasteiger charge is 2.24. The number of benzene rings is 1. The Bertz CT molecular complexity index is 366. The highest BCUT2D eigenvalue weighted by Crippen LogP contribution is 2.26. The Morgan fingerprint density at radius 1 is 1.18 bits per heavy atom. The molecule has 0 radical (unpaired) electrons. The predicted molar refractivity (Wildman–Crippen MR) is 74.8 cm³/mol. The van der Waals surface area contributed by atoms with Crippen LogP contribution in [0.25, 0.3) is 0 Å². The number of nitrogens with one attached hydrogen (secondary N) is 1. The zero-order valence-electron chi connectivity index (χ0n) is 11.5. The summed E-state index contributed by atoms with van der Waals surface area (Å²) in [6, 6.07) is 8.18. The largest absolute Gasteiger partial charge is 0.369 e. The molecule has 2 nitrogen and oxygen atoms in total. The lowest BCUT2D eigenvalue weighted by atomic mass is 9.97. The lowest BCUT2D eigenvalue weighted by Gasteiger charge is -2.39. The van der Waals surface area contributed by atoms with E-state index in [1.165, 1.54) is 29.7 Å². The van der Waals surface area contributed by atoms with Crippen LogP contribution in [0, 0.1) is 13.8 Å². The molecule has 0 saturated carbocycles. The van der Waals surface area contributed by atoms with Crippen molar-refractivity contribution in [1.29, 1.82) is 0 Å². The van der Waals surface area contributed by atoms with Crippen LogP contribution in [-0.4, -0.2) is 25.7 Å². The van der Waals surface area contributed by atoms with E-state index >= 15 is 0 Å². The normalized spacial score (nSPS) is 25.1. The standard InChI is InChI=1S/C15H24N2/c1-11-7-12(2)9-15(8-11)17-6-5-14(16-4)10-13(17)3/h7-9,13-14,16H,5-6,10H2,1-4H3. The summed E-state index contributed by atoms with van der Waals surface area (Å²) in [4.78, 5) is 2.55. The molecule has 1 aromatic rings. The van der Waals surface area contributed by atoms with Crippen molar-refractivity contribution in [3.05, 3.63) is 29.3 Å². The Morgan fingerprint density at radius 3 is 2.35 bits per heavy atom. The first-order chi connectivity index (χ1) is 8.10. The first kappa shape index (κ1) is 12.4. The monoisotopic (exact) mass is 232 g/mol. The molecule has 0 aromatic heterocycles. The third-order valence-electron chi connectivity index (χ3n) is 3.82. The van der Waals surface area contributed by atoms with Crippen LogP contribution in [0.1, 0.15) is 30.9 Å². The predicted octanol–water partition coefficient (Wildman–Crippen LogP) is 2.88. The molecule has 0 aliphatic carbocycles. The van der Waals surface area contributed by atoms with Crippen molar-refractivity contribution in [2.45, 2.75) is 45.7 Å². The van der Waals surface area contributed by atoms with Gasteiger partial charge in [-0.2, -0.15) is 0 Å². The molecular weight excluding hydrogens is 208 g/mol. The summed E-state index contributed by atoms with van der Waals surface area (Å²) in [6.07, 6.45) is 2.48. The van der Waals surface area contributed by atoms with Gasteiger partial charge in [0.2, 0.25) is 0 Å². The van der Waals surface area contributed by atoms with E-state index < -0.39 is 0 Å². The van der Waals surface area contributed by atoms with E-state index in [1.807, 2.05) is 0 Å². The fourth-order valence-electron chi connectivity index (χ4n) is 2.93. The molecule has 1 saturated heterocycles. The van der Waals surface area contributed by atoms with Crippen molar-refractivity contribution < 1.29 is 0 Å². The maximum absolute atomic E-state index is 3.40. The molecule has 2 atom stereocenters. The zero-order valence-corrected chi connectivity index (χ0v) is 11.5. The maximum Gasteiger partial charge on any atom is 0.0373 e. The molecule has 1 fully saturated rings. The van der Waals surface area contributed by atoms with Gasteiger partial charge in [-0.1, -0.05) is 6.07 Å². The molecular formula is C15H24N2. The number of rotatable bonds is 2. The van der Waals surface area contributed by atoms with E-state index in [2.05, 4.69) is 56.2 Å². The van der Waals surface area contributed by atoms with E-state index in [-0.39, 0.29) is 0 Å². The molecule has 1 N–H and O–H groups in total. The summed E-state index contributed by atoms with van der Waals surface area (Å²) in [5.41, 5.74) is 4.12. The minimum Gasteiger partial charge on any atom is -0.369 e. The molecule has 17 heavy (non-hydrogen) atoms. The lowest BCUT2D eigenvalue weighted by molar-refractivity contribution is 0.387. The molecule has 0 amide bonds. The second-order valence-corrected chi connectivity index (χ2v) is 5.40. The first-order valence-corrected chi connectivity index (χ1v) is 6.62. The van der Waals surface area contributed by atoms with Gasteiger partial charge in [-0.05, 0) is 63.9 Å². The molecule has 0 spiro atoms. The van der Waals surface area contributed by atoms with Crippen LogP contribution in [0.4, 0.5) is 5.69 Å². The Kier molecular flexibility index (Phi) is 3.72. The molecule has 0 bridgehead atoms. The first-order valence-electron chi connectivity index (χ1n) is 6.62. The summed E-state index contributed by atoms with van der Waals surface area (Å²) < 4.78 is 0. The van der Waals surface area contributed by atoms with Gasteiger partial charge in [-0.15, -0.1) is 0 Å². The summed E-state index contributed by atoms with van der Waals surface area (Å²) in [6.45, 7) is 7.86. The fraction of sp³-hybridized carbons (Fsp3) is 0.600. The second kappa shape index (κ2) is 5.09. The van der Waals surface area contributed by atoms with Crippen molar-refractivity contribution >= 4 is 5.69 Å². The second-order valence-electron chi connectivity index (χ2n) is 5.40. The Morgan fingerprint density at radius 2 is 1.82 bits per heavy atom. The van der Waals surface area contributed by atoms with Crippen LogP contribution in [0.15, 0.2) is 18.2 Å². The molecule has 1 aliphatic heterocycles. The van der Waals surface area contributed by atoms with Crippen molar-refractivity contribution in [3.63, 3.8) is 0 Å². The zero-order chi connectivity index (χ0) is 12.4. The number of aryl methyl sites for hydroxylation is 2. The summed E-state index contributed by atoms with van der Waals surface area (Å²) >= 11 is 0. The lowest BCUT2D eigenvalue weighted by Crippen LogP contribution is -2.46. The molecule has 1 heterocycles. The molecule has 94 valence electrons. The molecule has 2 unspecified atom stereocenters. The van der Waals surface area contributed by atoms with Crippen LogP contribution < -0.4 is 10.2 Å². The minimum atomic E-state index is 0.627. The summed E-state index contributed by atoms with van der Waals surface area (Å²) in [7, 11) is 2.07. The smallest absolute Gasteiger partial charge is 0.0373 e. The van der Waals surface area contributed by atoms with Gasteiger partial charge in [0.05, 0.1) is 0 Å². The van der Waals surface area contributed by atoms with Gasteiger partial charge in [0.15, 0.2) is 0 Å². The van der Waals surface area contributed by atoms with Gasteiger partial charge in [0, 0.05) is 24.3 Å². The van der Waals surface area contributed by atoms with Crippen molar-refractivity contribution in [3.8, 4) is 0 Å². The number of piperidine rings is 1. The van der Waals surface area contributed by atoms with Crippen LogP contribution in [0.3, 0.4) is 0 Å².